The summed E-state index contributed by atoms with van der Waals surface area (Å²) >= 11 is 0. The van der Waals surface area contributed by atoms with E-state index in [9.17, 15) is 0 Å². The Morgan fingerprint density at radius 3 is 1.64 bits per heavy atom. The van der Waals surface area contributed by atoms with Crippen LogP contribution in [0.15, 0.2) is 164 Å². The summed E-state index contributed by atoms with van der Waals surface area (Å²) in [5, 5.41) is 0. The summed E-state index contributed by atoms with van der Waals surface area (Å²) in [5.41, 5.74) is 14.7. The molecule has 0 fully saturated rings. The minimum absolute atomic E-state index is 0. The van der Waals surface area contributed by atoms with Gasteiger partial charge in [0.2, 0.25) is 0 Å². The fraction of sp³-hybridized carbons (Fsp3) is 0.0244. The molecule has 1 heteroatoms. The molecule has 42 heavy (non-hydrogen) atoms. The van der Waals surface area contributed by atoms with Gasteiger partial charge in [-0.1, -0.05) is 168 Å². The normalized spacial score (nSPS) is 12.5. The monoisotopic (exact) mass is 611 g/mol. The average molecular weight is 613 g/mol. The summed E-state index contributed by atoms with van der Waals surface area (Å²) in [6.07, 6.45) is 4.78. The predicted octanol–water partition coefficient (Wildman–Crippen LogP) is 10.1. The maximum atomic E-state index is 3.86. The molecule has 0 aliphatic heterocycles. The SMILES string of the molecule is [C-](=C(C(=C(c1ccccc1)c1cccc2c1Cc1ccccc1-2)c1ccccc1)c1ccccc1)c1ccccc1.[Zr]. The topological polar surface area (TPSA) is 0 Å². The molecule has 0 spiro atoms. The molecular weight excluding hydrogens is 584 g/mol. The standard InChI is InChI=1S/C41H29.Zr/c1-5-16-30(17-6-1)28-38(31-18-7-2-8-19-31)41(33-22-11-4-12-23-33)40(32-20-9-3-10-21-32)37-27-15-26-36-35-25-14-13-24-34(35)29-39(36)37;/h1-27H,29H2;/q-1;. The van der Waals surface area contributed by atoms with E-state index in [0.29, 0.717) is 0 Å². The van der Waals surface area contributed by atoms with E-state index < -0.39 is 0 Å². The van der Waals surface area contributed by atoms with Crippen LogP contribution in [0, 0.1) is 6.08 Å². The molecule has 1 aliphatic rings. The summed E-state index contributed by atoms with van der Waals surface area (Å²) in [6.45, 7) is 0. The van der Waals surface area contributed by atoms with E-state index in [0.717, 1.165) is 23.1 Å². The van der Waals surface area contributed by atoms with Gasteiger partial charge < -0.3 is 0 Å². The van der Waals surface area contributed by atoms with Crippen LogP contribution in [0.5, 0.6) is 0 Å². The van der Waals surface area contributed by atoms with Crippen LogP contribution in [0.1, 0.15) is 38.9 Å². The molecule has 0 N–H and O–H groups in total. The van der Waals surface area contributed by atoms with Crippen molar-refractivity contribution in [3.63, 3.8) is 0 Å². The van der Waals surface area contributed by atoms with Crippen molar-refractivity contribution in [2.24, 2.45) is 0 Å². The molecule has 6 aromatic carbocycles. The maximum Gasteiger partial charge on any atom is 0 e. The summed E-state index contributed by atoms with van der Waals surface area (Å²) in [5.74, 6) is 0. The Kier molecular flexibility index (Phi) is 8.41. The van der Waals surface area contributed by atoms with Crippen LogP contribution in [0.2, 0.25) is 0 Å². The third-order valence-electron chi connectivity index (χ3n) is 7.85. The molecule has 0 saturated heterocycles. The molecule has 0 heterocycles. The number of allylic oxidation sites excluding steroid dienone is 2. The number of benzene rings is 6. The van der Waals surface area contributed by atoms with Gasteiger partial charge in [-0.25, -0.2) is 0 Å². The van der Waals surface area contributed by atoms with Crippen LogP contribution in [-0.4, -0.2) is 0 Å². The van der Waals surface area contributed by atoms with E-state index in [1.54, 1.807) is 0 Å². The zero-order chi connectivity index (χ0) is 27.4. The van der Waals surface area contributed by atoms with E-state index in [2.05, 4.69) is 170 Å². The van der Waals surface area contributed by atoms with Gasteiger partial charge in [0.05, 0.1) is 0 Å². The van der Waals surface area contributed by atoms with Gasteiger partial charge in [0, 0.05) is 26.2 Å². The van der Waals surface area contributed by atoms with E-state index in [1.165, 1.54) is 50.1 Å². The molecule has 198 valence electrons. The van der Waals surface area contributed by atoms with Crippen LogP contribution in [0.3, 0.4) is 0 Å². The van der Waals surface area contributed by atoms with Crippen LogP contribution in [0.4, 0.5) is 0 Å². The molecule has 0 atom stereocenters. The first kappa shape index (κ1) is 27.8. The Labute approximate surface area is 267 Å². The van der Waals surface area contributed by atoms with Crippen molar-refractivity contribution in [1.82, 2.24) is 0 Å². The number of hydrogen-bond donors (Lipinski definition) is 0. The van der Waals surface area contributed by atoms with Gasteiger partial charge in [0.25, 0.3) is 0 Å². The number of hydrogen-bond acceptors (Lipinski definition) is 0. The van der Waals surface area contributed by atoms with Crippen molar-refractivity contribution in [1.29, 1.82) is 0 Å². The maximum absolute atomic E-state index is 3.86. The van der Waals surface area contributed by atoms with Gasteiger partial charge in [0.15, 0.2) is 0 Å². The van der Waals surface area contributed by atoms with Crippen molar-refractivity contribution < 1.29 is 26.2 Å². The second-order valence-electron chi connectivity index (χ2n) is 10.4. The first-order valence-electron chi connectivity index (χ1n) is 14.2. The molecule has 7 rings (SSSR count). The molecule has 0 saturated carbocycles. The molecule has 0 aromatic heterocycles. The molecule has 6 aromatic rings. The Balaban J connectivity index is 0.00000316. The zero-order valence-electron chi connectivity index (χ0n) is 23.3. The van der Waals surface area contributed by atoms with Crippen LogP contribution in [-0.2, 0) is 32.6 Å². The molecule has 0 amide bonds. The van der Waals surface area contributed by atoms with E-state index in [1.807, 2.05) is 0 Å². The summed E-state index contributed by atoms with van der Waals surface area (Å²) in [4.78, 5) is 0. The smallest absolute Gasteiger partial charge is 0 e. The van der Waals surface area contributed by atoms with Gasteiger partial charge in [-0.15, -0.1) is 29.3 Å². The Hall–Kier alpha value is -4.32. The second kappa shape index (κ2) is 12.7. The summed E-state index contributed by atoms with van der Waals surface area (Å²) in [7, 11) is 0. The second-order valence-corrected chi connectivity index (χ2v) is 10.4. The molecule has 0 nitrogen and oxygen atoms in total. The quantitative estimate of drug-likeness (QED) is 0.0996. The molecule has 1 aliphatic carbocycles. The van der Waals surface area contributed by atoms with Crippen molar-refractivity contribution in [2.45, 2.75) is 6.42 Å². The molecule has 0 unspecified atom stereocenters. The van der Waals surface area contributed by atoms with E-state index in [4.69, 9.17) is 0 Å². The van der Waals surface area contributed by atoms with Crippen molar-refractivity contribution in [2.75, 3.05) is 0 Å². The van der Waals surface area contributed by atoms with E-state index in [-0.39, 0.29) is 26.2 Å². The first-order valence-corrected chi connectivity index (χ1v) is 14.2. The molecule has 0 radical (unpaired) electrons. The Morgan fingerprint density at radius 2 is 0.976 bits per heavy atom. The molecule has 0 bridgehead atoms. The minimum atomic E-state index is 0. The van der Waals surface area contributed by atoms with Crippen LogP contribution >= 0.6 is 0 Å². The van der Waals surface area contributed by atoms with Crippen LogP contribution in [0.25, 0.3) is 27.8 Å². The zero-order valence-corrected chi connectivity index (χ0v) is 25.8. The number of rotatable bonds is 6. The van der Waals surface area contributed by atoms with Crippen molar-refractivity contribution in [3.05, 3.63) is 209 Å². The summed E-state index contributed by atoms with van der Waals surface area (Å²) in [6, 6.07) is 58.5. The van der Waals surface area contributed by atoms with E-state index >= 15 is 0 Å². The van der Waals surface area contributed by atoms with Crippen LogP contribution < -0.4 is 0 Å². The fourth-order valence-electron chi connectivity index (χ4n) is 6.00. The van der Waals surface area contributed by atoms with Gasteiger partial charge in [-0.05, 0) is 45.4 Å². The van der Waals surface area contributed by atoms with Gasteiger partial charge in [0.1, 0.15) is 0 Å². The Morgan fingerprint density at radius 1 is 0.452 bits per heavy atom. The van der Waals surface area contributed by atoms with Gasteiger partial charge in [-0.3, -0.25) is 0 Å². The minimum Gasteiger partial charge on any atom is -0.123 e. The first-order chi connectivity index (χ1) is 20.4. The third-order valence-corrected chi connectivity index (χ3v) is 7.85. The summed E-state index contributed by atoms with van der Waals surface area (Å²) < 4.78 is 0. The fourth-order valence-corrected chi connectivity index (χ4v) is 6.00. The largest absolute Gasteiger partial charge is 0.123 e. The Bertz CT molecular complexity index is 1870. The van der Waals surface area contributed by atoms with Gasteiger partial charge >= 0.3 is 0 Å². The van der Waals surface area contributed by atoms with Crippen molar-refractivity contribution >= 4 is 16.7 Å². The van der Waals surface area contributed by atoms with Crippen molar-refractivity contribution in [3.8, 4) is 11.1 Å². The average Bonchev–Trinajstić information content (AvgIpc) is 3.44. The van der Waals surface area contributed by atoms with Gasteiger partial charge in [-0.2, -0.15) is 0 Å². The third kappa shape index (κ3) is 5.46. The number of fused-ring (bicyclic) bond motifs is 3. The molecular formula is C41H29Zr-. The predicted molar refractivity (Wildman–Crippen MR) is 172 cm³/mol.